The topological polar surface area (TPSA) is 71.7 Å². The summed E-state index contributed by atoms with van der Waals surface area (Å²) in [7, 11) is 3.88. The monoisotopic (exact) mass is 426 g/mol. The summed E-state index contributed by atoms with van der Waals surface area (Å²) in [6, 6.07) is 12.0. The molecule has 1 aliphatic heterocycles. The summed E-state index contributed by atoms with van der Waals surface area (Å²) in [4.78, 5) is 20.8. The number of amides is 1. The zero-order chi connectivity index (χ0) is 21.1. The van der Waals surface area contributed by atoms with Crippen molar-refractivity contribution < 1.29 is 14.1 Å². The predicted molar refractivity (Wildman–Crippen MR) is 112 cm³/mol. The lowest BCUT2D eigenvalue weighted by Crippen LogP contribution is -2.46. The number of nitrogens with zero attached hydrogens (tertiary/aromatic N) is 4. The van der Waals surface area contributed by atoms with Crippen molar-refractivity contribution in [3.63, 3.8) is 0 Å². The fourth-order valence-electron chi connectivity index (χ4n) is 3.62. The third kappa shape index (κ3) is 4.63. The van der Waals surface area contributed by atoms with E-state index in [0.717, 1.165) is 13.0 Å². The number of carbonyl (C=O) groups is 1. The molecule has 2 aromatic heterocycles. The zero-order valence-electron chi connectivity index (χ0n) is 16.9. The summed E-state index contributed by atoms with van der Waals surface area (Å²) in [5.74, 6) is 0.793. The van der Waals surface area contributed by atoms with Crippen molar-refractivity contribution in [2.24, 2.45) is 0 Å². The largest absolute Gasteiger partial charge is 0.484 e. The van der Waals surface area contributed by atoms with Crippen molar-refractivity contribution in [1.29, 1.82) is 0 Å². The Morgan fingerprint density at radius 2 is 2.10 bits per heavy atom. The minimum absolute atomic E-state index is 0.133. The first-order valence-corrected chi connectivity index (χ1v) is 10.1. The molecule has 0 radical (unpaired) electrons. The molecule has 1 aromatic carbocycles. The van der Waals surface area contributed by atoms with E-state index in [1.165, 1.54) is 17.3 Å². The van der Waals surface area contributed by atoms with Crippen LogP contribution in [0, 0.1) is 0 Å². The Morgan fingerprint density at radius 3 is 2.90 bits per heavy atom. The summed E-state index contributed by atoms with van der Waals surface area (Å²) in [5.41, 5.74) is 2.96. The Kier molecular flexibility index (Phi) is 6.01. The number of fused-ring (bicyclic) bond motifs is 1. The molecule has 30 heavy (non-hydrogen) atoms. The minimum Gasteiger partial charge on any atom is -0.484 e. The van der Waals surface area contributed by atoms with Crippen LogP contribution in [0.4, 0.5) is 0 Å². The molecule has 0 fully saturated rings. The summed E-state index contributed by atoms with van der Waals surface area (Å²) < 4.78 is 10.8. The van der Waals surface area contributed by atoms with Gasteiger partial charge in [0.05, 0.1) is 11.2 Å². The van der Waals surface area contributed by atoms with Gasteiger partial charge in [-0.1, -0.05) is 41.0 Å². The number of benzene rings is 1. The van der Waals surface area contributed by atoms with Crippen molar-refractivity contribution in [3.8, 4) is 5.75 Å². The second kappa shape index (κ2) is 8.85. The number of hydrogen-bond donors (Lipinski definition) is 0. The maximum Gasteiger partial charge on any atom is 0.275 e. The van der Waals surface area contributed by atoms with E-state index in [0.29, 0.717) is 23.1 Å². The zero-order valence-corrected chi connectivity index (χ0v) is 17.7. The Bertz CT molecular complexity index is 1040. The van der Waals surface area contributed by atoms with Crippen molar-refractivity contribution in [2.75, 3.05) is 20.6 Å². The van der Waals surface area contributed by atoms with Crippen LogP contribution in [-0.4, -0.2) is 52.5 Å². The molecule has 0 bridgehead atoms. The van der Waals surface area contributed by atoms with Gasteiger partial charge in [-0.25, -0.2) is 0 Å². The van der Waals surface area contributed by atoms with Gasteiger partial charge in [0.1, 0.15) is 12.4 Å². The maximum absolute atomic E-state index is 12.8. The van der Waals surface area contributed by atoms with E-state index < -0.39 is 0 Å². The summed E-state index contributed by atoms with van der Waals surface area (Å²) in [5, 5.41) is 4.40. The average Bonchev–Trinajstić information content (AvgIpc) is 3.21. The van der Waals surface area contributed by atoms with Gasteiger partial charge < -0.3 is 14.2 Å². The molecule has 3 heterocycles. The number of ether oxygens (including phenoxy) is 1. The van der Waals surface area contributed by atoms with Gasteiger partial charge in [-0.3, -0.25) is 14.7 Å². The highest BCUT2D eigenvalue weighted by molar-refractivity contribution is 6.30. The van der Waals surface area contributed by atoms with E-state index in [-0.39, 0.29) is 24.2 Å². The summed E-state index contributed by atoms with van der Waals surface area (Å²) in [6.07, 6.45) is 3.99. The van der Waals surface area contributed by atoms with Gasteiger partial charge in [0, 0.05) is 44.5 Å². The number of aromatic nitrogens is 2. The number of likely N-dealkylation sites (N-methyl/N-ethyl adjacent to an activating group) is 2. The number of pyridine rings is 1. The molecule has 0 N–H and O–H groups in total. The highest BCUT2D eigenvalue weighted by Crippen LogP contribution is 2.23. The van der Waals surface area contributed by atoms with E-state index in [1.54, 1.807) is 30.3 Å². The highest BCUT2D eigenvalue weighted by atomic mass is 35.5. The molecule has 1 amide bonds. The molecule has 0 spiro atoms. The third-order valence-electron chi connectivity index (χ3n) is 5.29. The van der Waals surface area contributed by atoms with Gasteiger partial charge in [-0.2, -0.15) is 0 Å². The fourth-order valence-corrected chi connectivity index (χ4v) is 3.79. The van der Waals surface area contributed by atoms with E-state index in [2.05, 4.69) is 46.4 Å². The summed E-state index contributed by atoms with van der Waals surface area (Å²) >= 11 is 5.89. The Balaban J connectivity index is 1.35. The molecule has 7 nitrogen and oxygen atoms in total. The SMILES string of the molecule is CN(CC1Cc2ccccc2CN1C)C(=O)c1cc(COc2cncc(Cl)c2)on1. The molecule has 156 valence electrons. The first-order valence-electron chi connectivity index (χ1n) is 9.71. The van der Waals surface area contributed by atoms with E-state index in [9.17, 15) is 4.79 Å². The number of hydrogen-bond acceptors (Lipinski definition) is 6. The molecule has 0 saturated carbocycles. The number of rotatable bonds is 6. The molecule has 1 unspecified atom stereocenters. The Hall–Kier alpha value is -2.90. The van der Waals surface area contributed by atoms with Gasteiger partial charge in [-0.15, -0.1) is 0 Å². The molecule has 4 rings (SSSR count). The first kappa shape index (κ1) is 20.4. The van der Waals surface area contributed by atoms with Crippen LogP contribution < -0.4 is 4.74 Å². The number of halogens is 1. The Labute approximate surface area is 180 Å². The first-order chi connectivity index (χ1) is 14.5. The minimum atomic E-state index is -0.179. The van der Waals surface area contributed by atoms with Crippen molar-refractivity contribution in [3.05, 3.63) is 76.4 Å². The molecule has 3 aromatic rings. The molecular formula is C22H23ClN4O3. The van der Waals surface area contributed by atoms with Crippen LogP contribution in [0.3, 0.4) is 0 Å². The quantitative estimate of drug-likeness (QED) is 0.601. The number of carbonyl (C=O) groups excluding carboxylic acids is 1. The predicted octanol–water partition coefficient (Wildman–Crippen LogP) is 3.43. The van der Waals surface area contributed by atoms with Gasteiger partial charge in [-0.05, 0) is 24.6 Å². The van der Waals surface area contributed by atoms with Gasteiger partial charge >= 0.3 is 0 Å². The smallest absolute Gasteiger partial charge is 0.275 e. The Morgan fingerprint density at radius 1 is 1.30 bits per heavy atom. The fraction of sp³-hybridized carbons (Fsp3) is 0.318. The normalized spacial score (nSPS) is 16.2. The summed E-state index contributed by atoms with van der Waals surface area (Å²) in [6.45, 7) is 1.62. The van der Waals surface area contributed by atoms with Crippen molar-refractivity contribution in [2.45, 2.75) is 25.6 Å². The third-order valence-corrected chi connectivity index (χ3v) is 5.49. The lowest BCUT2D eigenvalue weighted by molar-refractivity contribution is 0.0723. The van der Waals surface area contributed by atoms with Gasteiger partial charge in [0.15, 0.2) is 11.5 Å². The van der Waals surface area contributed by atoms with Crippen LogP contribution in [0.2, 0.25) is 5.02 Å². The lowest BCUT2D eigenvalue weighted by Gasteiger charge is -2.36. The standard InChI is InChI=1S/C22H23ClN4O3/c1-26-12-16-6-4-3-5-15(16)7-18(26)13-27(2)22(28)21-9-20(30-25-21)14-29-19-8-17(23)10-24-11-19/h3-6,8-11,18H,7,12-14H2,1-2H3. The van der Waals surface area contributed by atoms with Crippen LogP contribution in [-0.2, 0) is 19.6 Å². The lowest BCUT2D eigenvalue weighted by atomic mass is 9.94. The molecule has 0 aliphatic carbocycles. The van der Waals surface area contributed by atoms with Gasteiger partial charge in [0.25, 0.3) is 5.91 Å². The molecule has 1 aliphatic rings. The van der Waals surface area contributed by atoms with Gasteiger partial charge in [0.2, 0.25) is 0 Å². The van der Waals surface area contributed by atoms with Crippen LogP contribution in [0.5, 0.6) is 5.75 Å². The molecule has 0 saturated heterocycles. The van der Waals surface area contributed by atoms with E-state index in [4.69, 9.17) is 20.9 Å². The van der Waals surface area contributed by atoms with Crippen LogP contribution in [0.25, 0.3) is 0 Å². The second-order valence-electron chi connectivity index (χ2n) is 7.53. The second-order valence-corrected chi connectivity index (χ2v) is 7.97. The molecule has 1 atom stereocenters. The van der Waals surface area contributed by atoms with Crippen molar-refractivity contribution in [1.82, 2.24) is 19.9 Å². The van der Waals surface area contributed by atoms with E-state index >= 15 is 0 Å². The maximum atomic E-state index is 12.8. The van der Waals surface area contributed by atoms with Crippen molar-refractivity contribution >= 4 is 17.5 Å². The average molecular weight is 427 g/mol. The van der Waals surface area contributed by atoms with Crippen LogP contribution in [0.15, 0.2) is 53.3 Å². The molecule has 8 heteroatoms. The van der Waals surface area contributed by atoms with Crippen LogP contribution in [0.1, 0.15) is 27.4 Å². The van der Waals surface area contributed by atoms with E-state index in [1.807, 2.05) is 0 Å². The highest BCUT2D eigenvalue weighted by Gasteiger charge is 2.26. The van der Waals surface area contributed by atoms with Crippen LogP contribution >= 0.6 is 11.6 Å². The molecular weight excluding hydrogens is 404 g/mol.